The molecule has 0 heterocycles. The molecule has 0 radical (unpaired) electrons. The van der Waals surface area contributed by atoms with Gasteiger partial charge in [-0.2, -0.15) is 13.2 Å². The van der Waals surface area contributed by atoms with Gasteiger partial charge in [0.1, 0.15) is 10.6 Å². The van der Waals surface area contributed by atoms with Gasteiger partial charge in [0.25, 0.3) is 10.0 Å². The second-order valence-corrected chi connectivity index (χ2v) is 8.34. The first-order valence-corrected chi connectivity index (χ1v) is 10.8. The lowest BCUT2D eigenvalue weighted by Gasteiger charge is -2.16. The first kappa shape index (κ1) is 25.0. The Morgan fingerprint density at radius 1 is 1.06 bits per heavy atom. The summed E-state index contributed by atoms with van der Waals surface area (Å²) in [5, 5.41) is 4.80. The molecular weight excluding hydrogens is 451 g/mol. The topological polar surface area (TPSA) is 114 Å². The number of rotatable bonds is 8. The van der Waals surface area contributed by atoms with Gasteiger partial charge >= 0.3 is 6.18 Å². The Labute approximate surface area is 183 Å². The summed E-state index contributed by atoms with van der Waals surface area (Å²) >= 11 is 0. The van der Waals surface area contributed by atoms with E-state index in [4.69, 9.17) is 4.74 Å². The van der Waals surface area contributed by atoms with Crippen molar-refractivity contribution in [2.24, 2.45) is 0 Å². The van der Waals surface area contributed by atoms with E-state index in [9.17, 15) is 31.2 Å². The monoisotopic (exact) mass is 473 g/mol. The third-order valence-corrected chi connectivity index (χ3v) is 5.53. The zero-order valence-electron chi connectivity index (χ0n) is 17.5. The number of benzene rings is 2. The highest BCUT2D eigenvalue weighted by Crippen LogP contribution is 2.35. The van der Waals surface area contributed by atoms with Gasteiger partial charge in [-0.3, -0.25) is 14.3 Å². The van der Waals surface area contributed by atoms with Gasteiger partial charge in [0, 0.05) is 24.4 Å². The highest BCUT2D eigenvalue weighted by molar-refractivity contribution is 7.92. The van der Waals surface area contributed by atoms with Crippen molar-refractivity contribution < 1.29 is 35.9 Å². The average molecular weight is 473 g/mol. The molecule has 0 aliphatic heterocycles. The van der Waals surface area contributed by atoms with E-state index in [0.717, 1.165) is 12.1 Å². The summed E-state index contributed by atoms with van der Waals surface area (Å²) in [5.41, 5.74) is -1.06. The Morgan fingerprint density at radius 3 is 2.31 bits per heavy atom. The van der Waals surface area contributed by atoms with Crippen LogP contribution in [0.5, 0.6) is 5.75 Å². The van der Waals surface area contributed by atoms with Crippen LogP contribution in [0.2, 0.25) is 0 Å². The van der Waals surface area contributed by atoms with Gasteiger partial charge in [-0.1, -0.05) is 6.07 Å². The summed E-state index contributed by atoms with van der Waals surface area (Å²) in [6.45, 7) is 3.94. The van der Waals surface area contributed by atoms with Crippen molar-refractivity contribution in [3.63, 3.8) is 0 Å². The number of hydrogen-bond donors (Lipinski definition) is 3. The Hall–Kier alpha value is -3.28. The van der Waals surface area contributed by atoms with Crippen molar-refractivity contribution in [3.05, 3.63) is 47.5 Å². The maximum atomic E-state index is 13.1. The van der Waals surface area contributed by atoms with Gasteiger partial charge in [-0.25, -0.2) is 8.42 Å². The number of halogens is 3. The molecule has 2 amide bonds. The Morgan fingerprint density at radius 2 is 1.72 bits per heavy atom. The molecule has 0 atom stereocenters. The van der Waals surface area contributed by atoms with Crippen LogP contribution in [0, 0.1) is 6.92 Å². The molecule has 32 heavy (non-hydrogen) atoms. The van der Waals surface area contributed by atoms with E-state index in [1.807, 2.05) is 0 Å². The first-order valence-electron chi connectivity index (χ1n) is 9.35. The molecular formula is C20H22F3N3O5S. The van der Waals surface area contributed by atoms with Gasteiger partial charge in [-0.15, -0.1) is 0 Å². The highest BCUT2D eigenvalue weighted by atomic mass is 32.2. The molecule has 0 saturated heterocycles. The van der Waals surface area contributed by atoms with Crippen LogP contribution in [0.25, 0.3) is 0 Å². The smallest absolute Gasteiger partial charge is 0.416 e. The molecule has 0 saturated carbocycles. The third kappa shape index (κ3) is 6.61. The molecule has 0 aromatic heterocycles. The predicted octanol–water partition coefficient (Wildman–Crippen LogP) is 3.29. The number of sulfonamides is 1. The minimum Gasteiger partial charge on any atom is -0.492 e. The van der Waals surface area contributed by atoms with Crippen LogP contribution in [-0.2, 0) is 25.8 Å². The number of aryl methyl sites for hydroxylation is 1. The summed E-state index contributed by atoms with van der Waals surface area (Å²) in [7, 11) is -4.32. The minimum absolute atomic E-state index is 0.0465. The molecule has 2 rings (SSSR count). The van der Waals surface area contributed by atoms with Crippen molar-refractivity contribution in [1.29, 1.82) is 0 Å². The molecule has 174 valence electrons. The van der Waals surface area contributed by atoms with Crippen LogP contribution in [0.4, 0.5) is 24.5 Å². The Bertz CT molecular complexity index is 1120. The predicted molar refractivity (Wildman–Crippen MR) is 112 cm³/mol. The largest absolute Gasteiger partial charge is 0.492 e. The highest BCUT2D eigenvalue weighted by Gasteiger charge is 2.33. The van der Waals surface area contributed by atoms with Gasteiger partial charge < -0.3 is 15.4 Å². The second-order valence-electron chi connectivity index (χ2n) is 6.69. The number of anilines is 2. The number of amides is 2. The van der Waals surface area contributed by atoms with E-state index in [-0.39, 0.29) is 40.7 Å². The maximum Gasteiger partial charge on any atom is 0.416 e. The summed E-state index contributed by atoms with van der Waals surface area (Å²) in [6.07, 6.45) is -4.64. The van der Waals surface area contributed by atoms with E-state index in [2.05, 4.69) is 15.4 Å². The number of carbonyl (C=O) groups is 2. The average Bonchev–Trinajstić information content (AvgIpc) is 2.67. The van der Waals surface area contributed by atoms with Crippen LogP contribution >= 0.6 is 0 Å². The number of ether oxygens (including phenoxy) is 1. The van der Waals surface area contributed by atoms with Gasteiger partial charge in [0.2, 0.25) is 11.8 Å². The van der Waals surface area contributed by atoms with E-state index >= 15 is 0 Å². The standard InChI is InChI=1S/C20H22F3N3O5S/c1-4-31-17-10-14(25-19(28)11-24-13(3)27)7-8-18(17)32(29,30)26-15-6-5-12(2)16(9-15)20(21,22)23/h5-10,26H,4,11H2,1-3H3,(H,24,27)(H,25,28). The Balaban J connectivity index is 2.32. The quantitative estimate of drug-likeness (QED) is 0.545. The molecule has 0 spiro atoms. The number of nitrogens with one attached hydrogen (secondary N) is 3. The van der Waals surface area contributed by atoms with E-state index in [1.54, 1.807) is 6.92 Å². The maximum absolute atomic E-state index is 13.1. The van der Waals surface area contributed by atoms with E-state index < -0.39 is 33.6 Å². The van der Waals surface area contributed by atoms with Crippen LogP contribution in [0.1, 0.15) is 25.0 Å². The molecule has 0 aliphatic rings. The lowest BCUT2D eigenvalue weighted by molar-refractivity contribution is -0.138. The van der Waals surface area contributed by atoms with Gasteiger partial charge in [-0.05, 0) is 43.7 Å². The van der Waals surface area contributed by atoms with Crippen LogP contribution in [0.3, 0.4) is 0 Å². The molecule has 0 aliphatic carbocycles. The fraction of sp³-hybridized carbons (Fsp3) is 0.300. The zero-order chi connectivity index (χ0) is 24.1. The number of alkyl halides is 3. The molecule has 0 bridgehead atoms. The third-order valence-electron chi connectivity index (χ3n) is 4.11. The normalized spacial score (nSPS) is 11.6. The van der Waals surface area contributed by atoms with Crippen molar-refractivity contribution >= 4 is 33.2 Å². The lowest BCUT2D eigenvalue weighted by Crippen LogP contribution is -2.31. The van der Waals surface area contributed by atoms with Crippen LogP contribution < -0.4 is 20.1 Å². The van der Waals surface area contributed by atoms with E-state index in [1.165, 1.54) is 32.0 Å². The van der Waals surface area contributed by atoms with Crippen molar-refractivity contribution in [2.75, 3.05) is 23.2 Å². The van der Waals surface area contributed by atoms with Crippen molar-refractivity contribution in [1.82, 2.24) is 5.32 Å². The fourth-order valence-electron chi connectivity index (χ4n) is 2.69. The second kappa shape index (κ2) is 9.90. The zero-order valence-corrected chi connectivity index (χ0v) is 18.3. The fourth-order valence-corrected chi connectivity index (χ4v) is 3.86. The molecule has 2 aromatic rings. The summed E-state index contributed by atoms with van der Waals surface area (Å²) < 4.78 is 72.6. The van der Waals surface area contributed by atoms with Crippen molar-refractivity contribution in [2.45, 2.75) is 31.8 Å². The summed E-state index contributed by atoms with van der Waals surface area (Å²) in [6, 6.07) is 6.81. The molecule has 0 fully saturated rings. The molecule has 0 unspecified atom stereocenters. The minimum atomic E-state index is -4.64. The Kier molecular flexibility index (Phi) is 7.73. The molecule has 8 nitrogen and oxygen atoms in total. The number of carbonyl (C=O) groups excluding carboxylic acids is 2. The molecule has 3 N–H and O–H groups in total. The lowest BCUT2D eigenvalue weighted by atomic mass is 10.1. The van der Waals surface area contributed by atoms with Crippen LogP contribution in [-0.4, -0.2) is 33.4 Å². The first-order chi connectivity index (χ1) is 14.8. The van der Waals surface area contributed by atoms with Gasteiger partial charge in [0.05, 0.1) is 18.7 Å². The van der Waals surface area contributed by atoms with E-state index in [0.29, 0.717) is 6.07 Å². The SMILES string of the molecule is CCOc1cc(NC(=O)CNC(C)=O)ccc1S(=O)(=O)Nc1ccc(C)c(C(F)(F)F)c1. The summed E-state index contributed by atoms with van der Waals surface area (Å²) in [5.74, 6) is -1.05. The summed E-state index contributed by atoms with van der Waals surface area (Å²) in [4.78, 5) is 22.4. The number of hydrogen-bond acceptors (Lipinski definition) is 5. The van der Waals surface area contributed by atoms with Crippen molar-refractivity contribution in [3.8, 4) is 5.75 Å². The van der Waals surface area contributed by atoms with Gasteiger partial charge in [0.15, 0.2) is 0 Å². The molecule has 2 aromatic carbocycles. The van der Waals surface area contributed by atoms with Crippen LogP contribution in [0.15, 0.2) is 41.3 Å². The molecule has 12 heteroatoms.